The highest BCUT2D eigenvalue weighted by Crippen LogP contribution is 2.40. The van der Waals surface area contributed by atoms with E-state index in [9.17, 15) is 18.3 Å². The molecule has 4 aromatic rings. The zero-order valence-corrected chi connectivity index (χ0v) is 17.9. The lowest BCUT2D eigenvalue weighted by Gasteiger charge is -2.15. The number of hydrogen-bond donors (Lipinski definition) is 3. The molecule has 0 bridgehead atoms. The molecule has 3 N–H and O–H groups in total. The Bertz CT molecular complexity index is 1390. The summed E-state index contributed by atoms with van der Waals surface area (Å²) in [5.74, 6) is -0.694. The smallest absolute Gasteiger partial charge is 0.304 e. The number of carboxylic acids is 1. The van der Waals surface area contributed by atoms with Crippen LogP contribution in [-0.4, -0.2) is 30.4 Å². The van der Waals surface area contributed by atoms with Gasteiger partial charge in [-0.25, -0.2) is 8.42 Å². The van der Waals surface area contributed by atoms with Crippen molar-refractivity contribution in [2.75, 3.05) is 10.5 Å². The number of rotatable bonds is 7. The first-order valence-electron chi connectivity index (χ1n) is 9.47. The maximum absolute atomic E-state index is 13.3. The van der Waals surface area contributed by atoms with Gasteiger partial charge in [0.1, 0.15) is 5.75 Å². The number of nitrogens with one attached hydrogen (secondary N) is 1. The molecule has 0 heterocycles. The van der Waals surface area contributed by atoms with Gasteiger partial charge in [-0.2, -0.15) is 0 Å². The van der Waals surface area contributed by atoms with Crippen LogP contribution in [0.4, 0.5) is 5.69 Å². The van der Waals surface area contributed by atoms with Crippen LogP contribution < -0.4 is 4.72 Å². The number of sulfonamides is 1. The van der Waals surface area contributed by atoms with Crippen LogP contribution in [0.15, 0.2) is 82.6 Å². The first-order chi connectivity index (χ1) is 14.9. The summed E-state index contributed by atoms with van der Waals surface area (Å²) in [7, 11) is -3.93. The molecule has 31 heavy (non-hydrogen) atoms. The molecule has 0 unspecified atom stereocenters. The van der Waals surface area contributed by atoms with E-state index in [2.05, 4.69) is 4.72 Å². The largest absolute Gasteiger partial charge is 0.506 e. The van der Waals surface area contributed by atoms with E-state index in [4.69, 9.17) is 5.11 Å². The van der Waals surface area contributed by atoms with Crippen molar-refractivity contribution in [3.05, 3.63) is 72.8 Å². The van der Waals surface area contributed by atoms with Crippen LogP contribution in [0.1, 0.15) is 6.42 Å². The number of phenolic OH excluding ortho intramolecular Hbond substituents is 1. The molecule has 0 fully saturated rings. The normalized spacial score (nSPS) is 11.6. The maximum Gasteiger partial charge on any atom is 0.304 e. The third kappa shape index (κ3) is 4.30. The number of aliphatic carboxylic acids is 1. The van der Waals surface area contributed by atoms with Crippen LogP contribution in [0.5, 0.6) is 5.75 Å². The van der Waals surface area contributed by atoms with Crippen LogP contribution in [0.25, 0.3) is 21.5 Å². The van der Waals surface area contributed by atoms with Crippen LogP contribution >= 0.6 is 11.8 Å². The van der Waals surface area contributed by atoms with Crippen molar-refractivity contribution in [1.29, 1.82) is 0 Å². The summed E-state index contributed by atoms with van der Waals surface area (Å²) in [6.45, 7) is 0. The van der Waals surface area contributed by atoms with Gasteiger partial charge in [-0.05, 0) is 17.5 Å². The van der Waals surface area contributed by atoms with E-state index in [1.54, 1.807) is 54.6 Å². The Morgan fingerprint density at radius 2 is 1.55 bits per heavy atom. The Kier molecular flexibility index (Phi) is 5.75. The summed E-state index contributed by atoms with van der Waals surface area (Å²) in [5, 5.41) is 22.0. The third-order valence-electron chi connectivity index (χ3n) is 4.84. The van der Waals surface area contributed by atoms with Gasteiger partial charge < -0.3 is 10.2 Å². The minimum Gasteiger partial charge on any atom is -0.506 e. The molecule has 0 saturated heterocycles. The highest BCUT2D eigenvalue weighted by molar-refractivity contribution is 7.99. The summed E-state index contributed by atoms with van der Waals surface area (Å²) in [6, 6.07) is 20.8. The Morgan fingerprint density at radius 1 is 0.903 bits per heavy atom. The van der Waals surface area contributed by atoms with Crippen molar-refractivity contribution in [1.82, 2.24) is 0 Å². The van der Waals surface area contributed by atoms with Crippen LogP contribution in [0.2, 0.25) is 0 Å². The second-order valence-electron chi connectivity index (χ2n) is 6.89. The fourth-order valence-electron chi connectivity index (χ4n) is 3.41. The van der Waals surface area contributed by atoms with Gasteiger partial charge in [-0.3, -0.25) is 9.52 Å². The molecule has 158 valence electrons. The number of carbonyl (C=O) groups is 1. The lowest BCUT2D eigenvalue weighted by atomic mass is 10.1. The molecule has 0 aliphatic rings. The SMILES string of the molecule is O=C(O)CCSc1cc(NS(=O)(=O)c2cccc3ccccc23)c2ccccc2c1O. The number of fused-ring (bicyclic) bond motifs is 2. The van der Waals surface area contributed by atoms with Gasteiger partial charge in [0.05, 0.1) is 21.9 Å². The molecule has 4 rings (SSSR count). The Labute approximate surface area is 183 Å². The lowest BCUT2D eigenvalue weighted by Crippen LogP contribution is -2.14. The van der Waals surface area contributed by atoms with E-state index >= 15 is 0 Å². The predicted molar refractivity (Wildman–Crippen MR) is 123 cm³/mol. The zero-order valence-electron chi connectivity index (χ0n) is 16.3. The van der Waals surface area contributed by atoms with Crippen molar-refractivity contribution in [2.24, 2.45) is 0 Å². The van der Waals surface area contributed by atoms with Gasteiger partial charge >= 0.3 is 5.97 Å². The zero-order chi connectivity index (χ0) is 22.0. The highest BCUT2D eigenvalue weighted by atomic mass is 32.2. The number of carboxylic acid groups (broad SMARTS) is 1. The molecule has 8 heteroatoms. The Balaban J connectivity index is 1.80. The summed E-state index contributed by atoms with van der Waals surface area (Å²) in [6.07, 6.45) is -0.0754. The van der Waals surface area contributed by atoms with E-state index < -0.39 is 16.0 Å². The van der Waals surface area contributed by atoms with Gasteiger partial charge in [0, 0.05) is 21.9 Å². The molecule has 6 nitrogen and oxygen atoms in total. The van der Waals surface area contributed by atoms with Crippen molar-refractivity contribution >= 4 is 55.0 Å². The van der Waals surface area contributed by atoms with Crippen molar-refractivity contribution in [3.63, 3.8) is 0 Å². The summed E-state index contributed by atoms with van der Waals surface area (Å²) in [5.41, 5.74) is 0.319. The fraction of sp³-hybridized carbons (Fsp3) is 0.0870. The van der Waals surface area contributed by atoms with E-state index in [1.807, 2.05) is 18.2 Å². The highest BCUT2D eigenvalue weighted by Gasteiger charge is 2.20. The fourth-order valence-corrected chi connectivity index (χ4v) is 5.65. The number of phenols is 1. The molecule has 0 aliphatic carbocycles. The third-order valence-corrected chi connectivity index (χ3v) is 7.29. The maximum atomic E-state index is 13.3. The van der Waals surface area contributed by atoms with Gasteiger partial charge in [-0.15, -0.1) is 11.8 Å². The number of aromatic hydroxyl groups is 1. The Hall–Kier alpha value is -3.23. The molecule has 0 saturated carbocycles. The van der Waals surface area contributed by atoms with Crippen molar-refractivity contribution < 1.29 is 23.4 Å². The average Bonchev–Trinajstić information content (AvgIpc) is 2.76. The van der Waals surface area contributed by atoms with E-state index in [-0.39, 0.29) is 22.8 Å². The lowest BCUT2D eigenvalue weighted by molar-refractivity contribution is -0.136. The monoisotopic (exact) mass is 453 g/mol. The standard InChI is InChI=1S/C23H19NO5S2/c25-22(26)12-13-30-20-14-19(17-9-3-4-10-18(17)23(20)27)24-31(28,29)21-11-5-7-15-6-1-2-8-16(15)21/h1-11,14,24,27H,12-13H2,(H,25,26). The van der Waals surface area contributed by atoms with E-state index in [0.29, 0.717) is 26.7 Å². The molecule has 0 radical (unpaired) electrons. The van der Waals surface area contributed by atoms with Crippen molar-refractivity contribution in [3.8, 4) is 5.75 Å². The second-order valence-corrected chi connectivity index (χ2v) is 9.68. The molecular weight excluding hydrogens is 434 g/mol. The van der Waals surface area contributed by atoms with Gasteiger partial charge in [0.2, 0.25) is 0 Å². The van der Waals surface area contributed by atoms with Crippen LogP contribution in [0, 0.1) is 0 Å². The minimum absolute atomic E-state index is 0.000836. The van der Waals surface area contributed by atoms with E-state index in [1.165, 1.54) is 0 Å². The minimum atomic E-state index is -3.93. The van der Waals surface area contributed by atoms with Gasteiger partial charge in [0.25, 0.3) is 10.0 Å². The molecule has 0 aromatic heterocycles. The molecule has 0 atom stereocenters. The molecule has 0 amide bonds. The number of anilines is 1. The molecule has 0 spiro atoms. The number of benzene rings is 4. The van der Waals surface area contributed by atoms with Crippen LogP contribution in [-0.2, 0) is 14.8 Å². The number of thioether (sulfide) groups is 1. The molecule has 0 aliphatic heterocycles. The first-order valence-corrected chi connectivity index (χ1v) is 11.9. The summed E-state index contributed by atoms with van der Waals surface area (Å²) < 4.78 is 29.3. The topological polar surface area (TPSA) is 104 Å². The predicted octanol–water partition coefficient (Wildman–Crippen LogP) is 5.07. The van der Waals surface area contributed by atoms with Gasteiger partial charge in [-0.1, -0.05) is 60.7 Å². The first kappa shape index (κ1) is 21.0. The van der Waals surface area contributed by atoms with E-state index in [0.717, 1.165) is 17.1 Å². The quantitative estimate of drug-likeness (QED) is 0.267. The summed E-state index contributed by atoms with van der Waals surface area (Å²) in [4.78, 5) is 11.4. The molecular formula is C23H19NO5S2. The van der Waals surface area contributed by atoms with Gasteiger partial charge in [0.15, 0.2) is 0 Å². The average molecular weight is 454 g/mol. The van der Waals surface area contributed by atoms with Crippen molar-refractivity contribution in [2.45, 2.75) is 16.2 Å². The Morgan fingerprint density at radius 3 is 2.29 bits per heavy atom. The second kappa shape index (κ2) is 8.49. The molecule has 4 aromatic carbocycles. The number of hydrogen-bond acceptors (Lipinski definition) is 5. The summed E-state index contributed by atoms with van der Waals surface area (Å²) >= 11 is 1.16. The van der Waals surface area contributed by atoms with Crippen LogP contribution in [0.3, 0.4) is 0 Å².